The number of rotatable bonds is 6. The van der Waals surface area contributed by atoms with E-state index < -0.39 is 5.91 Å². The summed E-state index contributed by atoms with van der Waals surface area (Å²) in [5, 5.41) is 12.1. The van der Waals surface area contributed by atoms with Gasteiger partial charge in [0.1, 0.15) is 16.5 Å². The number of nitrogens with zero attached hydrogens (tertiary/aromatic N) is 7. The van der Waals surface area contributed by atoms with Crippen molar-refractivity contribution in [2.75, 3.05) is 63.2 Å². The maximum Gasteiger partial charge on any atom is 0.285 e. The molecule has 0 atom stereocenters. The maximum absolute atomic E-state index is 13.7. The summed E-state index contributed by atoms with van der Waals surface area (Å²) in [6.45, 7) is 3.30. The number of morpholine rings is 1. The van der Waals surface area contributed by atoms with Crippen molar-refractivity contribution in [1.82, 2.24) is 30.0 Å². The molecule has 2 aliphatic heterocycles. The molecule has 0 bridgehead atoms. The lowest BCUT2D eigenvalue weighted by atomic mass is 10.1. The number of carbonyl (C=O) groups excluding carboxylic acids is 3. The second kappa shape index (κ2) is 12.0. The first-order valence-electron chi connectivity index (χ1n) is 13.5. The number of aromatic nitrogens is 4. The number of piperazine rings is 1. The molecular weight excluding hydrogens is 556 g/mol. The van der Waals surface area contributed by atoms with E-state index in [1.165, 1.54) is 11.3 Å². The molecule has 4 heterocycles. The topological polar surface area (TPSA) is 134 Å². The van der Waals surface area contributed by atoms with Crippen molar-refractivity contribution < 1.29 is 19.1 Å². The van der Waals surface area contributed by atoms with Gasteiger partial charge in [-0.25, -0.2) is 9.97 Å². The van der Waals surface area contributed by atoms with Gasteiger partial charge in [0.15, 0.2) is 5.82 Å². The number of amides is 3. The van der Waals surface area contributed by atoms with E-state index in [9.17, 15) is 14.4 Å². The van der Waals surface area contributed by atoms with Gasteiger partial charge in [0.2, 0.25) is 10.9 Å². The van der Waals surface area contributed by atoms with E-state index in [1.807, 2.05) is 47.4 Å². The fraction of sp³-hybridized carbons (Fsp3) is 0.276. The van der Waals surface area contributed by atoms with Crippen LogP contribution in [0, 0.1) is 0 Å². The molecule has 0 aliphatic carbocycles. The number of benzene rings is 2. The van der Waals surface area contributed by atoms with Gasteiger partial charge in [0.25, 0.3) is 11.8 Å². The van der Waals surface area contributed by atoms with E-state index in [0.717, 1.165) is 5.56 Å². The monoisotopic (exact) mass is 584 g/mol. The summed E-state index contributed by atoms with van der Waals surface area (Å²) < 4.78 is 5.34. The normalized spacial score (nSPS) is 15.5. The molecule has 42 heavy (non-hydrogen) atoms. The summed E-state index contributed by atoms with van der Waals surface area (Å²) >= 11 is 1.17. The average Bonchev–Trinajstić information content (AvgIpc) is 3.53. The van der Waals surface area contributed by atoms with Crippen molar-refractivity contribution in [3.05, 3.63) is 71.4 Å². The molecule has 2 saturated heterocycles. The Labute approximate surface area is 246 Å². The van der Waals surface area contributed by atoms with Gasteiger partial charge < -0.3 is 24.8 Å². The van der Waals surface area contributed by atoms with Crippen molar-refractivity contribution in [2.24, 2.45) is 0 Å². The second-order valence-corrected chi connectivity index (χ2v) is 10.8. The van der Waals surface area contributed by atoms with Crippen molar-refractivity contribution in [1.29, 1.82) is 0 Å². The van der Waals surface area contributed by atoms with E-state index in [2.05, 4.69) is 20.5 Å². The third kappa shape index (κ3) is 5.83. The highest BCUT2D eigenvalue weighted by Crippen LogP contribution is 2.31. The number of hydrogen-bond donors (Lipinski definition) is 1. The molecule has 2 aromatic heterocycles. The predicted molar refractivity (Wildman–Crippen MR) is 157 cm³/mol. The van der Waals surface area contributed by atoms with Crippen LogP contribution < -0.4 is 10.2 Å². The number of nitrogens with one attached hydrogen (secondary N) is 1. The first kappa shape index (κ1) is 27.4. The summed E-state index contributed by atoms with van der Waals surface area (Å²) in [6.07, 6.45) is 0. The van der Waals surface area contributed by atoms with E-state index in [-0.39, 0.29) is 29.1 Å². The van der Waals surface area contributed by atoms with Gasteiger partial charge in [-0.2, -0.15) is 0 Å². The summed E-state index contributed by atoms with van der Waals surface area (Å²) in [6, 6.07) is 18.2. The van der Waals surface area contributed by atoms with Gasteiger partial charge in [-0.3, -0.25) is 14.4 Å². The molecule has 214 valence electrons. The third-order valence-electron chi connectivity index (χ3n) is 7.07. The largest absolute Gasteiger partial charge is 0.378 e. The number of hydrogen-bond acceptors (Lipinski definition) is 10. The molecule has 1 N–H and O–H groups in total. The van der Waals surface area contributed by atoms with Crippen LogP contribution in [-0.2, 0) is 9.53 Å². The Morgan fingerprint density at radius 3 is 2.48 bits per heavy atom. The van der Waals surface area contributed by atoms with Crippen LogP contribution in [0.1, 0.15) is 20.3 Å². The molecule has 2 fully saturated rings. The lowest BCUT2D eigenvalue weighted by molar-refractivity contribution is -0.129. The van der Waals surface area contributed by atoms with Gasteiger partial charge in [-0.15, -0.1) is 10.2 Å². The average molecular weight is 585 g/mol. The van der Waals surface area contributed by atoms with Crippen LogP contribution in [0.5, 0.6) is 0 Å². The molecule has 12 nitrogen and oxygen atoms in total. The Morgan fingerprint density at radius 1 is 0.929 bits per heavy atom. The number of likely N-dealkylation sites (N-methyl/N-ethyl adjacent to an activating group) is 1. The molecule has 3 amide bonds. The van der Waals surface area contributed by atoms with Crippen molar-refractivity contribution >= 4 is 40.6 Å². The molecular formula is C29H28N8O4S. The van der Waals surface area contributed by atoms with Crippen LogP contribution in [0.4, 0.5) is 11.5 Å². The van der Waals surface area contributed by atoms with Crippen molar-refractivity contribution in [2.45, 2.75) is 0 Å². The van der Waals surface area contributed by atoms with Crippen molar-refractivity contribution in [3.8, 4) is 22.0 Å². The molecule has 0 unspecified atom stereocenters. The predicted octanol–water partition coefficient (Wildman–Crippen LogP) is 2.67. The Kier molecular flexibility index (Phi) is 7.84. The minimum Gasteiger partial charge on any atom is -0.378 e. The lowest BCUT2D eigenvalue weighted by Gasteiger charge is -2.32. The minimum atomic E-state index is -0.446. The number of anilines is 2. The van der Waals surface area contributed by atoms with Gasteiger partial charge >= 0.3 is 0 Å². The van der Waals surface area contributed by atoms with E-state index in [1.54, 1.807) is 35.0 Å². The fourth-order valence-electron chi connectivity index (χ4n) is 4.67. The minimum absolute atomic E-state index is 0.0235. The van der Waals surface area contributed by atoms with Crippen LogP contribution in [0.2, 0.25) is 0 Å². The second-order valence-electron chi connectivity index (χ2n) is 9.85. The zero-order valence-corrected chi connectivity index (χ0v) is 23.7. The summed E-state index contributed by atoms with van der Waals surface area (Å²) in [5.74, 6) is 0.225. The Hall–Kier alpha value is -4.75. The summed E-state index contributed by atoms with van der Waals surface area (Å²) in [4.78, 5) is 53.5. The van der Waals surface area contributed by atoms with Crippen LogP contribution >= 0.6 is 11.3 Å². The van der Waals surface area contributed by atoms with Gasteiger partial charge in [0.05, 0.1) is 25.4 Å². The van der Waals surface area contributed by atoms with Crippen molar-refractivity contribution in [3.63, 3.8) is 0 Å². The first-order valence-corrected chi connectivity index (χ1v) is 14.3. The van der Waals surface area contributed by atoms with E-state index in [4.69, 9.17) is 9.72 Å². The standard InChI is InChI=1S/C29H28N8O4S/c1-35-11-12-37(18-24(35)38)23-17-22(30-25(32-23)19-7-3-2-4-8-19)26(39)31-21-10-6-5-9-20(21)27-33-34-28(42-27)29(40)36-13-15-41-16-14-36/h2-10,17H,11-16,18H2,1H3,(H,31,39). The highest BCUT2D eigenvalue weighted by molar-refractivity contribution is 7.16. The third-order valence-corrected chi connectivity index (χ3v) is 8.01. The molecule has 2 aliphatic rings. The zero-order chi connectivity index (χ0) is 29.1. The van der Waals surface area contributed by atoms with Gasteiger partial charge in [-0.05, 0) is 12.1 Å². The van der Waals surface area contributed by atoms with E-state index in [0.29, 0.717) is 67.3 Å². The van der Waals surface area contributed by atoms with Crippen LogP contribution in [0.15, 0.2) is 60.7 Å². The van der Waals surface area contributed by atoms with Crippen LogP contribution in [0.25, 0.3) is 22.0 Å². The quantitative estimate of drug-likeness (QED) is 0.363. The number of ether oxygens (including phenoxy) is 1. The first-order chi connectivity index (χ1) is 20.5. The SMILES string of the molecule is CN1CCN(c2cc(C(=O)Nc3ccccc3-c3nnc(C(=O)N4CCOCC4)s3)nc(-c3ccccc3)n2)CC1=O. The molecule has 0 saturated carbocycles. The smallest absolute Gasteiger partial charge is 0.285 e. The summed E-state index contributed by atoms with van der Waals surface area (Å²) in [7, 11) is 1.77. The molecule has 6 rings (SSSR count). The van der Waals surface area contributed by atoms with Gasteiger partial charge in [0, 0.05) is 50.4 Å². The Balaban J connectivity index is 1.29. The Bertz CT molecular complexity index is 1620. The van der Waals surface area contributed by atoms with Gasteiger partial charge in [-0.1, -0.05) is 53.8 Å². The molecule has 13 heteroatoms. The summed E-state index contributed by atoms with van der Waals surface area (Å²) in [5.41, 5.74) is 2.04. The molecule has 0 radical (unpaired) electrons. The molecule has 2 aromatic carbocycles. The number of para-hydroxylation sites is 1. The fourth-order valence-corrected chi connectivity index (χ4v) is 5.52. The highest BCUT2D eigenvalue weighted by Gasteiger charge is 2.26. The maximum atomic E-state index is 13.7. The molecule has 0 spiro atoms. The lowest BCUT2D eigenvalue weighted by Crippen LogP contribution is -2.49. The zero-order valence-electron chi connectivity index (χ0n) is 22.9. The molecule has 4 aromatic rings. The Morgan fingerprint density at radius 2 is 1.69 bits per heavy atom. The highest BCUT2D eigenvalue weighted by atomic mass is 32.1. The van der Waals surface area contributed by atoms with E-state index >= 15 is 0 Å². The van der Waals surface area contributed by atoms with Crippen LogP contribution in [-0.4, -0.2) is 101 Å². The van der Waals surface area contributed by atoms with Crippen LogP contribution in [0.3, 0.4) is 0 Å². The number of carbonyl (C=O) groups is 3.